The van der Waals surface area contributed by atoms with Crippen LogP contribution in [-0.2, 0) is 9.47 Å². The third-order valence-corrected chi connectivity index (χ3v) is 8.17. The van der Waals surface area contributed by atoms with E-state index in [1.807, 2.05) is 12.1 Å². The Kier molecular flexibility index (Phi) is 6.61. The first-order valence-corrected chi connectivity index (χ1v) is 12.9. The van der Waals surface area contributed by atoms with E-state index in [2.05, 4.69) is 35.2 Å². The zero-order chi connectivity index (χ0) is 26.3. The zero-order valence-electron chi connectivity index (χ0n) is 21.3. The number of ether oxygens (including phenoxy) is 2. The number of hydrogen-bond acceptors (Lipinski definition) is 7. The Morgan fingerprint density at radius 1 is 1.24 bits per heavy atom. The molecule has 0 spiro atoms. The van der Waals surface area contributed by atoms with Gasteiger partial charge in [0.05, 0.1) is 36.4 Å². The number of H-pyrrole nitrogens is 1. The van der Waals surface area contributed by atoms with Gasteiger partial charge in [0.15, 0.2) is 11.5 Å². The molecular formula is C28H34N4O5. The molecule has 3 atom stereocenters. The van der Waals surface area contributed by atoms with Crippen LogP contribution >= 0.6 is 0 Å². The molecule has 4 aliphatic rings. The van der Waals surface area contributed by atoms with Crippen LogP contribution in [0.3, 0.4) is 0 Å². The van der Waals surface area contributed by atoms with Gasteiger partial charge in [-0.05, 0) is 68.1 Å². The van der Waals surface area contributed by atoms with E-state index in [1.54, 1.807) is 12.3 Å². The van der Waals surface area contributed by atoms with Crippen LogP contribution in [0.1, 0.15) is 75.1 Å². The molecule has 3 aliphatic heterocycles. The van der Waals surface area contributed by atoms with Gasteiger partial charge in [-0.15, -0.1) is 0 Å². The molecule has 0 aromatic carbocycles. The summed E-state index contributed by atoms with van der Waals surface area (Å²) in [5, 5.41) is 32.3. The molecule has 0 radical (unpaired) electrons. The maximum Gasteiger partial charge on any atom is 0.291 e. The van der Waals surface area contributed by atoms with Crippen LogP contribution < -0.4 is 5.32 Å². The highest BCUT2D eigenvalue weighted by atomic mass is 16.6. The van der Waals surface area contributed by atoms with Gasteiger partial charge in [0, 0.05) is 17.7 Å². The van der Waals surface area contributed by atoms with Gasteiger partial charge in [0.1, 0.15) is 11.8 Å². The molecular weight excluding hydrogens is 472 g/mol. The molecule has 0 saturated carbocycles. The molecule has 2 bridgehead atoms. The number of fused-ring (bicyclic) bond motifs is 2. The third kappa shape index (κ3) is 5.01. The van der Waals surface area contributed by atoms with Gasteiger partial charge in [0.25, 0.3) is 5.91 Å². The van der Waals surface area contributed by atoms with Crippen LogP contribution in [0.15, 0.2) is 53.3 Å². The molecule has 4 N–H and O–H groups in total. The van der Waals surface area contributed by atoms with E-state index in [0.717, 1.165) is 36.2 Å². The summed E-state index contributed by atoms with van der Waals surface area (Å²) in [6.07, 6.45) is 14.3. The summed E-state index contributed by atoms with van der Waals surface area (Å²) in [6.45, 7) is 4.29. The van der Waals surface area contributed by atoms with E-state index >= 15 is 0 Å². The van der Waals surface area contributed by atoms with Crippen molar-refractivity contribution >= 4 is 5.91 Å². The maximum absolute atomic E-state index is 13.0. The van der Waals surface area contributed by atoms with Crippen molar-refractivity contribution in [3.05, 3.63) is 64.8 Å². The van der Waals surface area contributed by atoms with Crippen LogP contribution in [0.2, 0.25) is 0 Å². The summed E-state index contributed by atoms with van der Waals surface area (Å²) >= 11 is 0. The van der Waals surface area contributed by atoms with Crippen molar-refractivity contribution in [2.45, 2.75) is 70.0 Å². The number of rotatable bonds is 6. The number of carbonyl (C=O) groups excluding carboxylic acids is 1. The minimum Gasteiger partial charge on any atom is -0.469 e. The van der Waals surface area contributed by atoms with Crippen LogP contribution in [0.25, 0.3) is 0 Å². The number of aromatic nitrogens is 2. The van der Waals surface area contributed by atoms with Crippen molar-refractivity contribution in [1.29, 1.82) is 5.26 Å². The highest BCUT2D eigenvalue weighted by Crippen LogP contribution is 2.52. The molecule has 9 heteroatoms. The summed E-state index contributed by atoms with van der Waals surface area (Å²) in [5.41, 5.74) is 1.57. The lowest BCUT2D eigenvalue weighted by atomic mass is 9.76. The first-order chi connectivity index (χ1) is 17.7. The van der Waals surface area contributed by atoms with Crippen LogP contribution in [-0.4, -0.2) is 50.5 Å². The molecule has 37 heavy (non-hydrogen) atoms. The number of nitrogens with one attached hydrogen (secondary N) is 2. The van der Waals surface area contributed by atoms with Crippen LogP contribution in [0.5, 0.6) is 0 Å². The van der Waals surface area contributed by atoms with E-state index in [9.17, 15) is 15.0 Å². The smallest absolute Gasteiger partial charge is 0.291 e. The van der Waals surface area contributed by atoms with Crippen molar-refractivity contribution in [2.24, 2.45) is 11.3 Å². The topological polar surface area (TPSA) is 140 Å². The highest BCUT2D eigenvalue weighted by Gasteiger charge is 2.55. The van der Waals surface area contributed by atoms with Crippen molar-refractivity contribution < 1.29 is 24.5 Å². The molecule has 1 aliphatic carbocycles. The second-order valence-corrected chi connectivity index (χ2v) is 11.5. The second-order valence-electron chi connectivity index (χ2n) is 11.5. The number of nitriles is 1. The standard InChI is InChI=1S/C28H34N4O5/c1-26(2)6-3-18(4-7-26)21-11-23(19-12-27(16-33)8-9-28(13-19,17-34)37-27)36-10-5-22(21)32-25(35)24-30-15-20(14-29)31-24/h3,5,10-11,15,19,33-34H,4,6-9,12-13,16-17H2,1-2H3,(H,30,31)(H,32,35)/t19-,27-,28+. The fourth-order valence-corrected chi connectivity index (χ4v) is 5.94. The van der Waals surface area contributed by atoms with Crippen molar-refractivity contribution in [3.63, 3.8) is 0 Å². The number of carbonyl (C=O) groups is 1. The Bertz CT molecular complexity index is 1230. The predicted molar refractivity (Wildman–Crippen MR) is 134 cm³/mol. The van der Waals surface area contributed by atoms with Crippen LogP contribution in [0, 0.1) is 22.7 Å². The number of imidazole rings is 1. The Morgan fingerprint density at radius 2 is 1.97 bits per heavy atom. The average molecular weight is 507 g/mol. The Morgan fingerprint density at radius 3 is 2.57 bits per heavy atom. The van der Waals surface area contributed by atoms with Gasteiger partial charge < -0.3 is 30.0 Å². The molecule has 9 nitrogen and oxygen atoms in total. The van der Waals surface area contributed by atoms with Crippen molar-refractivity contribution in [1.82, 2.24) is 15.3 Å². The summed E-state index contributed by atoms with van der Waals surface area (Å²) in [5.74, 6) is 0.275. The van der Waals surface area contributed by atoms with E-state index in [1.165, 1.54) is 6.20 Å². The molecule has 2 saturated heterocycles. The molecule has 1 aromatic rings. The number of hydrogen-bond donors (Lipinski definition) is 4. The maximum atomic E-state index is 13.0. The SMILES string of the molecule is CC1(C)CC=C(C2=C(NC(=O)c3nc(C#N)c[nH]3)C=COC([C@H]3C[C@]4(CO)CC[C@](CO)(C3)O4)=C2)CC1. The molecule has 4 heterocycles. The molecule has 5 rings (SSSR count). The Labute approximate surface area is 216 Å². The number of allylic oxidation sites excluding steroid dienone is 6. The van der Waals surface area contributed by atoms with Gasteiger partial charge in [-0.1, -0.05) is 19.9 Å². The number of aliphatic hydroxyl groups is 2. The Hall–Kier alpha value is -3.19. The van der Waals surface area contributed by atoms with Gasteiger partial charge in [0.2, 0.25) is 0 Å². The molecule has 2 fully saturated rings. The lowest BCUT2D eigenvalue weighted by molar-refractivity contribution is -0.185. The zero-order valence-corrected chi connectivity index (χ0v) is 21.3. The lowest BCUT2D eigenvalue weighted by Gasteiger charge is -2.43. The number of nitrogens with zero attached hydrogens (tertiary/aromatic N) is 2. The van der Waals surface area contributed by atoms with E-state index in [-0.39, 0.29) is 36.1 Å². The minimum absolute atomic E-state index is 0.0562. The van der Waals surface area contributed by atoms with Gasteiger partial charge in [-0.2, -0.15) is 5.26 Å². The average Bonchev–Trinajstić information content (AvgIpc) is 3.42. The molecule has 1 aromatic heterocycles. The van der Waals surface area contributed by atoms with Crippen molar-refractivity contribution in [3.8, 4) is 6.07 Å². The summed E-state index contributed by atoms with van der Waals surface area (Å²) in [4.78, 5) is 19.8. The van der Waals surface area contributed by atoms with Gasteiger partial charge in [-0.3, -0.25) is 4.79 Å². The van der Waals surface area contributed by atoms with Gasteiger partial charge in [-0.25, -0.2) is 4.98 Å². The summed E-state index contributed by atoms with van der Waals surface area (Å²) < 4.78 is 12.3. The second kappa shape index (κ2) is 9.60. The fourth-order valence-electron chi connectivity index (χ4n) is 5.94. The molecule has 196 valence electrons. The highest BCUT2D eigenvalue weighted by molar-refractivity contribution is 5.92. The molecule has 0 unspecified atom stereocenters. The Balaban J connectivity index is 1.51. The lowest BCUT2D eigenvalue weighted by Crippen LogP contribution is -2.48. The molecule has 1 amide bonds. The van der Waals surface area contributed by atoms with E-state index in [4.69, 9.17) is 14.7 Å². The van der Waals surface area contributed by atoms with E-state index in [0.29, 0.717) is 31.4 Å². The number of amides is 1. The number of aromatic amines is 1. The number of aliphatic hydroxyl groups excluding tert-OH is 2. The first-order valence-electron chi connectivity index (χ1n) is 12.9. The van der Waals surface area contributed by atoms with Gasteiger partial charge >= 0.3 is 0 Å². The monoisotopic (exact) mass is 506 g/mol. The van der Waals surface area contributed by atoms with Crippen LogP contribution in [0.4, 0.5) is 0 Å². The first kappa shape index (κ1) is 25.5. The fraction of sp³-hybridized carbons (Fsp3) is 0.536. The normalized spacial score (nSPS) is 30.6. The largest absolute Gasteiger partial charge is 0.469 e. The van der Waals surface area contributed by atoms with E-state index < -0.39 is 17.1 Å². The summed E-state index contributed by atoms with van der Waals surface area (Å²) in [7, 11) is 0. The summed E-state index contributed by atoms with van der Waals surface area (Å²) in [6, 6.07) is 1.92. The minimum atomic E-state index is -0.682. The quantitative estimate of drug-likeness (QED) is 0.463. The predicted octanol–water partition coefficient (Wildman–Crippen LogP) is 3.51. The third-order valence-electron chi connectivity index (χ3n) is 8.17. The van der Waals surface area contributed by atoms with Crippen molar-refractivity contribution in [2.75, 3.05) is 13.2 Å².